The lowest BCUT2D eigenvalue weighted by atomic mass is 10.1. The summed E-state index contributed by atoms with van der Waals surface area (Å²) in [5.74, 6) is -0.487. The maximum absolute atomic E-state index is 12.6. The van der Waals surface area contributed by atoms with Gasteiger partial charge in [-0.2, -0.15) is 0 Å². The summed E-state index contributed by atoms with van der Waals surface area (Å²) in [7, 11) is 0. The highest BCUT2D eigenvalue weighted by Crippen LogP contribution is 2.22. The molecule has 1 heterocycles. The first-order chi connectivity index (χ1) is 17.0. The van der Waals surface area contributed by atoms with Crippen molar-refractivity contribution in [1.29, 1.82) is 0 Å². The van der Waals surface area contributed by atoms with Crippen LogP contribution in [0, 0.1) is 0 Å². The third kappa shape index (κ3) is 6.33. The van der Waals surface area contributed by atoms with Gasteiger partial charge in [0, 0.05) is 29.9 Å². The molecule has 35 heavy (non-hydrogen) atoms. The molecule has 3 N–H and O–H groups in total. The van der Waals surface area contributed by atoms with Gasteiger partial charge in [-0.05, 0) is 60.2 Å². The number of morpholine rings is 1. The van der Waals surface area contributed by atoms with E-state index in [9.17, 15) is 14.4 Å². The second-order valence-corrected chi connectivity index (χ2v) is 7.90. The van der Waals surface area contributed by atoms with Crippen LogP contribution >= 0.6 is 0 Å². The van der Waals surface area contributed by atoms with Gasteiger partial charge in [-0.1, -0.05) is 30.3 Å². The molecule has 0 saturated carbocycles. The van der Waals surface area contributed by atoms with E-state index in [1.54, 1.807) is 54.6 Å². The van der Waals surface area contributed by atoms with Crippen molar-refractivity contribution in [3.63, 3.8) is 0 Å². The number of hydrogen-bond acceptors (Lipinski definition) is 5. The van der Waals surface area contributed by atoms with Crippen LogP contribution in [0.25, 0.3) is 6.08 Å². The molecule has 2 amide bonds. The number of amides is 2. The fourth-order valence-corrected chi connectivity index (χ4v) is 3.68. The first-order valence-electron chi connectivity index (χ1n) is 11.2. The number of carbonyl (C=O) groups excluding carboxylic acids is 2. The van der Waals surface area contributed by atoms with Crippen LogP contribution in [0.5, 0.6) is 0 Å². The Morgan fingerprint density at radius 2 is 1.40 bits per heavy atom. The van der Waals surface area contributed by atoms with E-state index < -0.39 is 6.09 Å². The second-order valence-electron chi connectivity index (χ2n) is 7.90. The molecule has 0 bridgehead atoms. The summed E-state index contributed by atoms with van der Waals surface area (Å²) in [6.45, 7) is 3.10. The number of hydrogen-bond donors (Lipinski definition) is 3. The van der Waals surface area contributed by atoms with Gasteiger partial charge in [0.15, 0.2) is 5.78 Å². The number of rotatable bonds is 7. The Bertz CT molecular complexity index is 1230. The van der Waals surface area contributed by atoms with E-state index in [4.69, 9.17) is 9.84 Å². The molecule has 1 saturated heterocycles. The summed E-state index contributed by atoms with van der Waals surface area (Å²) in [6.07, 6.45) is 1.99. The van der Waals surface area contributed by atoms with Crippen molar-refractivity contribution in [3.8, 4) is 0 Å². The summed E-state index contributed by atoms with van der Waals surface area (Å²) in [6, 6.07) is 20.8. The van der Waals surface area contributed by atoms with Gasteiger partial charge in [-0.15, -0.1) is 0 Å². The van der Waals surface area contributed by atoms with Gasteiger partial charge in [-0.3, -0.25) is 14.9 Å². The Morgan fingerprint density at radius 1 is 0.800 bits per heavy atom. The molecule has 0 atom stereocenters. The number of para-hydroxylation sites is 2. The van der Waals surface area contributed by atoms with Crippen LogP contribution in [-0.4, -0.2) is 49.2 Å². The second kappa shape index (κ2) is 11.1. The highest BCUT2D eigenvalue weighted by molar-refractivity contribution is 6.08. The van der Waals surface area contributed by atoms with E-state index in [0.717, 1.165) is 24.3 Å². The number of allylic oxidation sites excluding steroid dienone is 1. The maximum atomic E-state index is 12.6. The highest BCUT2D eigenvalue weighted by Gasteiger charge is 2.12. The first kappa shape index (κ1) is 23.7. The molecule has 1 aliphatic rings. The van der Waals surface area contributed by atoms with Gasteiger partial charge in [0.05, 0.1) is 24.6 Å². The van der Waals surface area contributed by atoms with Gasteiger partial charge in [0.1, 0.15) is 0 Å². The lowest BCUT2D eigenvalue weighted by molar-refractivity contribution is 0.102. The molecule has 0 aliphatic carbocycles. The third-order valence-corrected chi connectivity index (χ3v) is 5.54. The Hall–Kier alpha value is -4.43. The monoisotopic (exact) mass is 471 g/mol. The average molecular weight is 472 g/mol. The van der Waals surface area contributed by atoms with Gasteiger partial charge in [0.2, 0.25) is 0 Å². The summed E-state index contributed by atoms with van der Waals surface area (Å²) >= 11 is 0. The molecule has 178 valence electrons. The fraction of sp³-hybridized carbons (Fsp3) is 0.148. The topological polar surface area (TPSA) is 108 Å². The minimum absolute atomic E-state index is 0.108. The molecular weight excluding hydrogens is 446 g/mol. The van der Waals surface area contributed by atoms with Crippen LogP contribution in [0.3, 0.4) is 0 Å². The number of carbonyl (C=O) groups is 3. The van der Waals surface area contributed by atoms with E-state index in [2.05, 4.69) is 15.5 Å². The number of carboxylic acid groups (broad SMARTS) is 1. The summed E-state index contributed by atoms with van der Waals surface area (Å²) < 4.78 is 5.37. The quantitative estimate of drug-likeness (QED) is 0.339. The van der Waals surface area contributed by atoms with Crippen molar-refractivity contribution in [1.82, 2.24) is 0 Å². The van der Waals surface area contributed by atoms with Crippen molar-refractivity contribution in [2.75, 3.05) is 41.8 Å². The number of benzene rings is 3. The first-order valence-corrected chi connectivity index (χ1v) is 11.2. The lowest BCUT2D eigenvalue weighted by Gasteiger charge is -2.28. The smallest absolute Gasteiger partial charge is 0.409 e. The van der Waals surface area contributed by atoms with Crippen LogP contribution < -0.4 is 15.5 Å². The molecule has 3 aromatic rings. The van der Waals surface area contributed by atoms with Crippen molar-refractivity contribution >= 4 is 40.9 Å². The molecule has 1 aliphatic heterocycles. The van der Waals surface area contributed by atoms with Crippen molar-refractivity contribution < 1.29 is 24.2 Å². The Labute approximate surface area is 202 Å². The minimum Gasteiger partial charge on any atom is -0.465 e. The fourth-order valence-electron chi connectivity index (χ4n) is 3.68. The van der Waals surface area contributed by atoms with E-state index >= 15 is 0 Å². The number of anilines is 3. The SMILES string of the molecule is O=C(O)Nc1ccccc1NC(=O)c1ccc(/C=C/C(=O)c2ccc(N3CCOCC3)cc2)cc1. The standard InChI is InChI=1S/C27H25N3O5/c31-25(20-10-12-22(13-11-20)30-15-17-35-18-16-30)14-7-19-5-8-21(9-6-19)26(32)28-23-3-1-2-4-24(23)29-27(33)34/h1-14,29H,15-18H2,(H,28,32)(H,33,34)/b14-7+. The van der Waals surface area contributed by atoms with Gasteiger partial charge >= 0.3 is 6.09 Å². The van der Waals surface area contributed by atoms with Gasteiger partial charge in [0.25, 0.3) is 5.91 Å². The van der Waals surface area contributed by atoms with Crippen LogP contribution in [0.15, 0.2) is 78.9 Å². The van der Waals surface area contributed by atoms with E-state index in [1.165, 1.54) is 6.08 Å². The van der Waals surface area contributed by atoms with E-state index in [1.807, 2.05) is 24.3 Å². The average Bonchev–Trinajstić information content (AvgIpc) is 2.89. The Kier molecular flexibility index (Phi) is 7.54. The van der Waals surface area contributed by atoms with E-state index in [-0.39, 0.29) is 17.4 Å². The van der Waals surface area contributed by atoms with Crippen LogP contribution in [0.1, 0.15) is 26.3 Å². The van der Waals surface area contributed by atoms with Crippen LogP contribution in [0.4, 0.5) is 21.9 Å². The summed E-state index contributed by atoms with van der Waals surface area (Å²) in [4.78, 5) is 38.3. The van der Waals surface area contributed by atoms with Crippen molar-refractivity contribution in [2.45, 2.75) is 0 Å². The molecule has 0 aromatic heterocycles. The molecule has 8 nitrogen and oxygen atoms in total. The van der Waals surface area contributed by atoms with Crippen LogP contribution in [-0.2, 0) is 4.74 Å². The predicted molar refractivity (Wildman–Crippen MR) is 135 cm³/mol. The zero-order valence-electron chi connectivity index (χ0n) is 18.9. The molecular formula is C27H25N3O5. The molecule has 1 fully saturated rings. The number of nitrogens with zero attached hydrogens (tertiary/aromatic N) is 1. The number of ketones is 1. The zero-order valence-corrected chi connectivity index (χ0v) is 18.9. The Morgan fingerprint density at radius 3 is 2.03 bits per heavy atom. The Balaban J connectivity index is 1.36. The molecule has 8 heteroatoms. The molecule has 0 unspecified atom stereocenters. The van der Waals surface area contributed by atoms with Gasteiger partial charge in [-0.25, -0.2) is 4.79 Å². The predicted octanol–water partition coefficient (Wildman–Crippen LogP) is 4.76. The number of nitrogens with one attached hydrogen (secondary N) is 2. The van der Waals surface area contributed by atoms with Crippen molar-refractivity contribution in [2.24, 2.45) is 0 Å². The summed E-state index contributed by atoms with van der Waals surface area (Å²) in [5, 5.41) is 13.9. The summed E-state index contributed by atoms with van der Waals surface area (Å²) in [5.41, 5.74) is 3.48. The largest absolute Gasteiger partial charge is 0.465 e. The van der Waals surface area contributed by atoms with Crippen LogP contribution in [0.2, 0.25) is 0 Å². The lowest BCUT2D eigenvalue weighted by Crippen LogP contribution is -2.36. The highest BCUT2D eigenvalue weighted by atomic mass is 16.5. The zero-order chi connectivity index (χ0) is 24.6. The number of ether oxygens (including phenoxy) is 1. The van der Waals surface area contributed by atoms with Crippen molar-refractivity contribution in [3.05, 3.63) is 95.6 Å². The normalized spacial score (nSPS) is 13.4. The van der Waals surface area contributed by atoms with E-state index in [0.29, 0.717) is 30.0 Å². The molecule has 4 rings (SSSR count). The molecule has 0 spiro atoms. The van der Waals surface area contributed by atoms with Gasteiger partial charge < -0.3 is 20.1 Å². The molecule has 3 aromatic carbocycles. The minimum atomic E-state index is -1.22. The third-order valence-electron chi connectivity index (χ3n) is 5.54. The maximum Gasteiger partial charge on any atom is 0.409 e. The molecule has 0 radical (unpaired) electrons.